The monoisotopic (exact) mass is 960 g/mol. The van der Waals surface area contributed by atoms with Gasteiger partial charge in [-0.05, 0) is 60.7 Å². The third kappa shape index (κ3) is 32.8. The first-order chi connectivity index (χ1) is 22.1. The number of allylic oxidation sites excluding steroid dienone is 10. The minimum absolute atomic E-state index is 0. The van der Waals surface area contributed by atoms with Gasteiger partial charge >= 0.3 is 38.2 Å². The molecule has 4 rings (SSSR count). The van der Waals surface area contributed by atoms with Crippen LogP contribution in [0.3, 0.4) is 0 Å². The van der Waals surface area contributed by atoms with Crippen molar-refractivity contribution in [3.8, 4) is 6.07 Å². The van der Waals surface area contributed by atoms with Crippen molar-refractivity contribution in [2.45, 2.75) is 6.92 Å². The zero-order valence-corrected chi connectivity index (χ0v) is 30.0. The molecule has 0 aromatic heterocycles. The van der Waals surface area contributed by atoms with E-state index in [-0.39, 0.29) is 55.2 Å². The van der Waals surface area contributed by atoms with Crippen LogP contribution in [0.15, 0.2) is 130 Å². The van der Waals surface area contributed by atoms with E-state index in [1.54, 1.807) is 54.9 Å². The predicted molar refractivity (Wildman–Crippen MR) is 186 cm³/mol. The topological polar surface area (TPSA) is 314 Å². The number of halogens is 2. The average Bonchev–Trinajstić information content (AvgIpc) is 2.99. The van der Waals surface area contributed by atoms with Gasteiger partial charge in [0.15, 0.2) is 11.6 Å². The molecule has 49 heavy (non-hydrogen) atoms. The van der Waals surface area contributed by atoms with Crippen LogP contribution in [0.5, 0.6) is 0 Å². The molecule has 0 amide bonds. The van der Waals surface area contributed by atoms with Gasteiger partial charge < -0.3 is 62.1 Å². The standard InChI is InChI=1S/2C13H10BrNO.C2H3N.Dy.3NO3.H2O/c2*14-11-6-7-13(16)10(8-11)9-15-12-4-2-1-3-5-12;1-2-3;;3*2-1(3)4;/h2*1-9,15H;1H3;;;;;1H2/q;;;+3;3*-1;/p+1/b2*10-9-;;;;;;. The average molecular weight is 961 g/mol. The van der Waals surface area contributed by atoms with E-state index in [9.17, 15) is 9.59 Å². The second kappa shape index (κ2) is 31.7. The summed E-state index contributed by atoms with van der Waals surface area (Å²) in [4.78, 5) is 47.8. The van der Waals surface area contributed by atoms with Crippen molar-refractivity contribution in [2.75, 3.05) is 10.6 Å². The maximum atomic E-state index is 11.5. The maximum Gasteiger partial charge on any atom is 3.00 e. The summed E-state index contributed by atoms with van der Waals surface area (Å²) in [6, 6.07) is 21.2. The van der Waals surface area contributed by atoms with E-state index in [4.69, 9.17) is 51.2 Å². The van der Waals surface area contributed by atoms with Crippen molar-refractivity contribution >= 4 is 54.8 Å². The summed E-state index contributed by atoms with van der Waals surface area (Å²) in [5.41, 5.74) is 3.19. The van der Waals surface area contributed by atoms with Crippen LogP contribution in [0, 0.1) is 95.5 Å². The molecular formula is C28H26Br2DyN6O12+. The molecule has 0 unspecified atom stereocenters. The van der Waals surface area contributed by atoms with E-state index in [2.05, 4.69) is 42.5 Å². The first-order valence-electron chi connectivity index (χ1n) is 12.1. The van der Waals surface area contributed by atoms with Crippen LogP contribution in [0.4, 0.5) is 11.4 Å². The Kier molecular flexibility index (Phi) is 32.9. The molecule has 0 aliphatic heterocycles. The van der Waals surface area contributed by atoms with E-state index in [1.165, 1.54) is 6.92 Å². The third-order valence-corrected chi connectivity index (χ3v) is 5.27. The van der Waals surface area contributed by atoms with E-state index in [0.29, 0.717) is 11.1 Å². The predicted octanol–water partition coefficient (Wildman–Crippen LogP) is 5.69. The molecule has 0 saturated heterocycles. The zero-order chi connectivity index (χ0) is 36.2. The minimum Gasteiger partial charge on any atom is -0.457 e. The molecule has 2 aromatic rings. The van der Waals surface area contributed by atoms with E-state index < -0.39 is 15.3 Å². The molecule has 2 aromatic carbocycles. The number of nitrogens with one attached hydrogen (secondary N) is 2. The number of rotatable bonds is 4. The van der Waals surface area contributed by atoms with Crippen LogP contribution in [-0.4, -0.2) is 26.8 Å². The molecule has 2 aliphatic carbocycles. The van der Waals surface area contributed by atoms with Gasteiger partial charge in [0.25, 0.3) is 0 Å². The van der Waals surface area contributed by atoms with Crippen molar-refractivity contribution in [1.82, 2.24) is 0 Å². The summed E-state index contributed by atoms with van der Waals surface area (Å²) in [7, 11) is 0. The summed E-state index contributed by atoms with van der Waals surface area (Å²) in [6.07, 6.45) is 13.6. The first kappa shape index (κ1) is 50.9. The van der Waals surface area contributed by atoms with Crippen LogP contribution in [-0.2, 0) is 15.1 Å². The summed E-state index contributed by atoms with van der Waals surface area (Å²) >= 11 is 6.67. The molecule has 2 aliphatic rings. The Labute approximate surface area is 325 Å². The number of para-hydroxylation sites is 2. The van der Waals surface area contributed by atoms with E-state index in [1.807, 2.05) is 60.7 Å². The van der Waals surface area contributed by atoms with Crippen molar-refractivity contribution in [1.29, 1.82) is 5.26 Å². The van der Waals surface area contributed by atoms with Gasteiger partial charge in [-0.2, -0.15) is 5.26 Å². The smallest absolute Gasteiger partial charge is 0.457 e. The summed E-state index contributed by atoms with van der Waals surface area (Å²) in [5.74, 6) is 0.0123. The van der Waals surface area contributed by atoms with Crippen molar-refractivity contribution < 1.29 is 68.5 Å². The van der Waals surface area contributed by atoms with Gasteiger partial charge in [-0.15, -0.1) is 0 Å². The molecule has 0 spiro atoms. The van der Waals surface area contributed by atoms with Gasteiger partial charge in [-0.25, -0.2) is 0 Å². The SMILES string of the molecule is CC#N.O=C1C=CC(Br)=C/C1=C/Nc1ccccc1.O=C1C=CC(Br)=C/C1=C/Nc1ccccc1.O=[N+]([O-])[O-].O=[N+]([O-])[O-].O=[N+]([O-])[O-].[Dy+3].[OH3+]. The quantitative estimate of drug-likeness (QED) is 0.161. The number of benzene rings is 2. The molecule has 18 nitrogen and oxygen atoms in total. The normalized spacial score (nSPS) is 13.0. The molecule has 0 saturated carbocycles. The molecule has 0 bridgehead atoms. The fraction of sp³-hybridized carbons (Fsp3) is 0.0357. The molecule has 0 heterocycles. The number of carbonyl (C=O) groups is 2. The van der Waals surface area contributed by atoms with Crippen LogP contribution in [0.2, 0.25) is 0 Å². The summed E-state index contributed by atoms with van der Waals surface area (Å²) in [5, 5.41) is 57.7. The number of carbonyl (C=O) groups excluding carboxylic acids is 2. The largest absolute Gasteiger partial charge is 3.00 e. The number of hydrogen-bond acceptors (Lipinski definition) is 14. The van der Waals surface area contributed by atoms with Gasteiger partial charge in [0.05, 0.1) is 21.3 Å². The van der Waals surface area contributed by atoms with Crippen LogP contribution in [0.1, 0.15) is 6.92 Å². The van der Waals surface area contributed by atoms with E-state index >= 15 is 0 Å². The number of hydrogen-bond donors (Lipinski definition) is 2. The van der Waals surface area contributed by atoms with Gasteiger partial charge in [-0.1, -0.05) is 68.3 Å². The Hall–Kier alpha value is -4.90. The van der Waals surface area contributed by atoms with Gasteiger partial charge in [0, 0.05) is 50.8 Å². The van der Waals surface area contributed by atoms with Crippen molar-refractivity contribution in [2.24, 2.45) is 0 Å². The van der Waals surface area contributed by atoms with Gasteiger partial charge in [-0.3, -0.25) is 9.59 Å². The fourth-order valence-corrected chi connectivity index (χ4v) is 3.41. The minimum atomic E-state index is -1.75. The Morgan fingerprint density at radius 3 is 1.12 bits per heavy atom. The second-order valence-corrected chi connectivity index (χ2v) is 9.40. The first-order valence-corrected chi connectivity index (χ1v) is 13.7. The molecule has 1 radical (unpaired) electrons. The molecule has 0 fully saturated rings. The molecule has 0 atom stereocenters. The summed E-state index contributed by atoms with van der Waals surface area (Å²) in [6.45, 7) is 1.43. The Bertz CT molecular complexity index is 1440. The van der Waals surface area contributed by atoms with E-state index in [0.717, 1.165) is 20.3 Å². The number of nitrogens with zero attached hydrogens (tertiary/aromatic N) is 4. The molecule has 263 valence electrons. The number of nitriles is 1. The van der Waals surface area contributed by atoms with Crippen molar-refractivity contribution in [3.05, 3.63) is 176 Å². The number of anilines is 2. The van der Waals surface area contributed by atoms with Crippen molar-refractivity contribution in [3.63, 3.8) is 0 Å². The number of ketones is 2. The van der Waals surface area contributed by atoms with Gasteiger partial charge in [0.2, 0.25) is 0 Å². The molecule has 5 N–H and O–H groups in total. The summed E-state index contributed by atoms with van der Waals surface area (Å²) < 4.78 is 1.79. The van der Waals surface area contributed by atoms with Crippen LogP contribution < -0.4 is 10.6 Å². The Balaban J connectivity index is -0.000000287. The fourth-order valence-electron chi connectivity index (χ4n) is 2.66. The zero-order valence-electron chi connectivity index (χ0n) is 24.8. The molecule has 21 heteroatoms. The maximum absolute atomic E-state index is 11.5. The van der Waals surface area contributed by atoms with Gasteiger partial charge in [0.1, 0.15) is 0 Å². The third-order valence-electron chi connectivity index (χ3n) is 4.28. The molecular weight excluding hydrogens is 935 g/mol. The van der Waals surface area contributed by atoms with Crippen LogP contribution >= 0.6 is 31.9 Å². The Morgan fingerprint density at radius 2 is 0.878 bits per heavy atom. The Morgan fingerprint density at radius 1 is 0.633 bits per heavy atom. The van der Waals surface area contributed by atoms with Crippen LogP contribution in [0.25, 0.3) is 0 Å². The second-order valence-electron chi connectivity index (χ2n) is 7.57.